The Morgan fingerprint density at radius 1 is 1.47 bits per heavy atom. The average Bonchev–Trinajstić information content (AvgIpc) is 2.73. The number of anilines is 1. The summed E-state index contributed by atoms with van der Waals surface area (Å²) in [4.78, 5) is 5.38. The van der Waals surface area contributed by atoms with E-state index in [0.29, 0.717) is 0 Å². The molecule has 0 fully saturated rings. The molecule has 0 amide bonds. The van der Waals surface area contributed by atoms with Gasteiger partial charge >= 0.3 is 0 Å². The largest absolute Gasteiger partial charge is 0.398 e. The van der Waals surface area contributed by atoms with E-state index in [0.717, 1.165) is 26.9 Å². The minimum atomic E-state index is 0.888. The van der Waals surface area contributed by atoms with Gasteiger partial charge in [-0.1, -0.05) is 12.1 Å². The Balaban J connectivity index is 2.08. The second-order valence-corrected chi connectivity index (χ2v) is 5.20. The maximum Gasteiger partial charge on any atom is 0.103 e. The van der Waals surface area contributed by atoms with Crippen LogP contribution in [-0.2, 0) is 5.75 Å². The number of thioether (sulfide) groups is 1. The molecule has 2 N–H and O–H groups in total. The van der Waals surface area contributed by atoms with E-state index in [4.69, 9.17) is 5.73 Å². The SMILES string of the molecule is Cc1cccc(SCc2nccs2)c1N. The van der Waals surface area contributed by atoms with Crippen LogP contribution in [-0.4, -0.2) is 4.98 Å². The van der Waals surface area contributed by atoms with Crippen molar-refractivity contribution in [1.82, 2.24) is 4.98 Å². The van der Waals surface area contributed by atoms with Crippen molar-refractivity contribution in [2.45, 2.75) is 17.6 Å². The van der Waals surface area contributed by atoms with E-state index >= 15 is 0 Å². The van der Waals surface area contributed by atoms with Crippen molar-refractivity contribution in [3.05, 3.63) is 40.3 Å². The molecule has 1 aromatic carbocycles. The molecule has 1 aromatic heterocycles. The summed E-state index contributed by atoms with van der Waals surface area (Å²) in [5.41, 5.74) is 8.01. The van der Waals surface area contributed by atoms with Crippen LogP contribution in [0.5, 0.6) is 0 Å². The minimum Gasteiger partial charge on any atom is -0.398 e. The number of thiazole rings is 1. The standard InChI is InChI=1S/C11H12N2S2/c1-8-3-2-4-9(11(8)12)15-7-10-13-5-6-14-10/h2-6H,7,12H2,1H3. The fourth-order valence-electron chi connectivity index (χ4n) is 1.24. The molecule has 0 aliphatic rings. The lowest BCUT2D eigenvalue weighted by Crippen LogP contribution is -1.92. The van der Waals surface area contributed by atoms with Gasteiger partial charge < -0.3 is 5.73 Å². The predicted octanol–water partition coefficient (Wildman–Crippen LogP) is 3.33. The first-order valence-corrected chi connectivity index (χ1v) is 6.50. The predicted molar refractivity (Wildman–Crippen MR) is 67.3 cm³/mol. The van der Waals surface area contributed by atoms with Crippen molar-refractivity contribution >= 4 is 28.8 Å². The van der Waals surface area contributed by atoms with Crippen LogP contribution in [0.15, 0.2) is 34.7 Å². The van der Waals surface area contributed by atoms with Crippen molar-refractivity contribution < 1.29 is 0 Å². The third kappa shape index (κ3) is 2.52. The van der Waals surface area contributed by atoms with Gasteiger partial charge in [0.25, 0.3) is 0 Å². The average molecular weight is 236 g/mol. The van der Waals surface area contributed by atoms with Crippen LogP contribution in [0.25, 0.3) is 0 Å². The van der Waals surface area contributed by atoms with Crippen molar-refractivity contribution in [2.75, 3.05) is 5.73 Å². The highest BCUT2D eigenvalue weighted by atomic mass is 32.2. The number of hydrogen-bond donors (Lipinski definition) is 1. The molecule has 0 unspecified atom stereocenters. The molecule has 4 heteroatoms. The zero-order chi connectivity index (χ0) is 10.7. The first-order chi connectivity index (χ1) is 7.27. The molecule has 0 saturated carbocycles. The Kier molecular flexibility index (Phi) is 3.28. The van der Waals surface area contributed by atoms with Crippen LogP contribution >= 0.6 is 23.1 Å². The molecule has 0 saturated heterocycles. The van der Waals surface area contributed by atoms with Gasteiger partial charge in [-0.05, 0) is 18.6 Å². The summed E-state index contributed by atoms with van der Waals surface area (Å²) in [7, 11) is 0. The lowest BCUT2D eigenvalue weighted by Gasteiger charge is -2.06. The molecule has 2 nitrogen and oxygen atoms in total. The number of aromatic nitrogens is 1. The number of rotatable bonds is 3. The van der Waals surface area contributed by atoms with Crippen LogP contribution in [0.2, 0.25) is 0 Å². The van der Waals surface area contributed by atoms with E-state index in [9.17, 15) is 0 Å². The molecule has 0 radical (unpaired) electrons. The van der Waals surface area contributed by atoms with E-state index < -0.39 is 0 Å². The molecule has 15 heavy (non-hydrogen) atoms. The van der Waals surface area contributed by atoms with Gasteiger partial charge in [0.2, 0.25) is 0 Å². The summed E-state index contributed by atoms with van der Waals surface area (Å²) in [6.07, 6.45) is 1.83. The maximum absolute atomic E-state index is 5.98. The second-order valence-electron chi connectivity index (χ2n) is 3.20. The number of benzene rings is 1. The molecule has 0 aliphatic heterocycles. The molecular weight excluding hydrogens is 224 g/mol. The Morgan fingerprint density at radius 2 is 2.33 bits per heavy atom. The zero-order valence-electron chi connectivity index (χ0n) is 8.43. The summed E-state index contributed by atoms with van der Waals surface area (Å²) < 4.78 is 0. The van der Waals surface area contributed by atoms with Crippen LogP contribution in [0.1, 0.15) is 10.6 Å². The van der Waals surface area contributed by atoms with Gasteiger partial charge in [-0.2, -0.15) is 0 Å². The molecule has 2 rings (SSSR count). The number of hydrogen-bond acceptors (Lipinski definition) is 4. The fraction of sp³-hybridized carbons (Fsp3) is 0.182. The molecule has 2 aromatic rings. The highest BCUT2D eigenvalue weighted by molar-refractivity contribution is 7.98. The van der Waals surface area contributed by atoms with Crippen molar-refractivity contribution in [3.8, 4) is 0 Å². The van der Waals surface area contributed by atoms with Gasteiger partial charge in [0.1, 0.15) is 5.01 Å². The normalized spacial score (nSPS) is 10.5. The molecule has 0 spiro atoms. The lowest BCUT2D eigenvalue weighted by molar-refractivity contribution is 1.26. The summed E-state index contributed by atoms with van der Waals surface area (Å²) in [6, 6.07) is 6.12. The molecule has 1 heterocycles. The number of aryl methyl sites for hydroxylation is 1. The third-order valence-electron chi connectivity index (χ3n) is 2.12. The molecular formula is C11H12N2S2. The Morgan fingerprint density at radius 3 is 3.07 bits per heavy atom. The van der Waals surface area contributed by atoms with E-state index in [1.165, 1.54) is 0 Å². The van der Waals surface area contributed by atoms with Crippen molar-refractivity contribution in [2.24, 2.45) is 0 Å². The number of nitrogen functional groups attached to an aromatic ring is 1. The number of nitrogens with two attached hydrogens (primary N) is 1. The Bertz CT molecular complexity index is 438. The van der Waals surface area contributed by atoms with Gasteiger partial charge in [-0.15, -0.1) is 23.1 Å². The fourth-order valence-corrected chi connectivity index (χ4v) is 2.94. The quantitative estimate of drug-likeness (QED) is 0.656. The van der Waals surface area contributed by atoms with E-state index in [2.05, 4.69) is 11.1 Å². The summed E-state index contributed by atoms with van der Waals surface area (Å²) in [5.74, 6) is 0.894. The van der Waals surface area contributed by atoms with Crippen LogP contribution < -0.4 is 5.73 Å². The first-order valence-electron chi connectivity index (χ1n) is 4.63. The first kappa shape index (κ1) is 10.5. The number of para-hydroxylation sites is 1. The Labute approximate surface area is 97.5 Å². The lowest BCUT2D eigenvalue weighted by atomic mass is 10.2. The van der Waals surface area contributed by atoms with Gasteiger partial charge in [0, 0.05) is 22.2 Å². The highest BCUT2D eigenvalue weighted by Gasteiger charge is 2.03. The molecule has 0 aliphatic carbocycles. The maximum atomic E-state index is 5.98. The van der Waals surface area contributed by atoms with Crippen molar-refractivity contribution in [3.63, 3.8) is 0 Å². The highest BCUT2D eigenvalue weighted by Crippen LogP contribution is 2.30. The molecule has 0 bridgehead atoms. The van der Waals surface area contributed by atoms with Crippen LogP contribution in [0, 0.1) is 6.92 Å². The van der Waals surface area contributed by atoms with E-state index in [-0.39, 0.29) is 0 Å². The summed E-state index contributed by atoms with van der Waals surface area (Å²) in [5, 5.41) is 3.14. The monoisotopic (exact) mass is 236 g/mol. The Hall–Kier alpha value is -1.00. The summed E-state index contributed by atoms with van der Waals surface area (Å²) >= 11 is 3.42. The van der Waals surface area contributed by atoms with E-state index in [1.54, 1.807) is 23.1 Å². The third-order valence-corrected chi connectivity index (χ3v) is 4.17. The molecule has 78 valence electrons. The van der Waals surface area contributed by atoms with Crippen LogP contribution in [0.3, 0.4) is 0 Å². The molecule has 0 atom stereocenters. The van der Waals surface area contributed by atoms with Gasteiger partial charge in [-0.3, -0.25) is 0 Å². The summed E-state index contributed by atoms with van der Waals surface area (Å²) in [6.45, 7) is 2.03. The van der Waals surface area contributed by atoms with Gasteiger partial charge in [-0.25, -0.2) is 4.98 Å². The second kappa shape index (κ2) is 4.68. The van der Waals surface area contributed by atoms with Gasteiger partial charge in [0.05, 0.1) is 5.75 Å². The topological polar surface area (TPSA) is 38.9 Å². The van der Waals surface area contributed by atoms with Crippen molar-refractivity contribution in [1.29, 1.82) is 0 Å². The minimum absolute atomic E-state index is 0.888. The van der Waals surface area contributed by atoms with Crippen LogP contribution in [0.4, 0.5) is 5.69 Å². The zero-order valence-corrected chi connectivity index (χ0v) is 10.1. The number of nitrogens with zero attached hydrogens (tertiary/aromatic N) is 1. The van der Waals surface area contributed by atoms with E-state index in [1.807, 2.05) is 30.6 Å². The smallest absolute Gasteiger partial charge is 0.103 e. The van der Waals surface area contributed by atoms with Gasteiger partial charge in [0.15, 0.2) is 0 Å².